The summed E-state index contributed by atoms with van der Waals surface area (Å²) in [5, 5.41) is 0. The van der Waals surface area contributed by atoms with E-state index in [4.69, 9.17) is 9.47 Å². The molecule has 0 aromatic heterocycles. The number of hydrogen-bond acceptors (Lipinski definition) is 6. The van der Waals surface area contributed by atoms with E-state index in [1.165, 1.54) is 6.92 Å². The third-order valence-electron chi connectivity index (χ3n) is 3.26. The zero-order valence-electron chi connectivity index (χ0n) is 13.7. The van der Waals surface area contributed by atoms with Crippen LogP contribution in [0.15, 0.2) is 0 Å². The average Bonchev–Trinajstić information content (AvgIpc) is 2.35. The zero-order chi connectivity index (χ0) is 16.9. The van der Waals surface area contributed by atoms with Crippen molar-refractivity contribution < 1.29 is 27.5 Å². The highest BCUT2D eigenvalue weighted by Crippen LogP contribution is 2.29. The van der Waals surface area contributed by atoms with Crippen LogP contribution < -0.4 is 0 Å². The van der Waals surface area contributed by atoms with Crippen LogP contribution in [-0.4, -0.2) is 44.1 Å². The molecule has 0 N–H and O–H groups in total. The van der Waals surface area contributed by atoms with Crippen molar-refractivity contribution in [1.29, 1.82) is 0 Å². The fourth-order valence-corrected chi connectivity index (χ4v) is 2.80. The van der Waals surface area contributed by atoms with Crippen molar-refractivity contribution in [2.24, 2.45) is 5.41 Å². The maximum absolute atomic E-state index is 12.2. The van der Waals surface area contributed by atoms with Crippen LogP contribution in [0.3, 0.4) is 0 Å². The van der Waals surface area contributed by atoms with Crippen LogP contribution in [-0.2, 0) is 28.9 Å². The molecule has 0 aliphatic carbocycles. The first-order valence-corrected chi connectivity index (χ1v) is 8.64. The van der Waals surface area contributed by atoms with Crippen molar-refractivity contribution in [2.45, 2.75) is 52.7 Å². The predicted molar refractivity (Wildman–Crippen MR) is 79.5 cm³/mol. The topological polar surface area (TPSA) is 86.7 Å². The molecule has 0 spiro atoms. The standard InChI is InChI=1S/C14H26O6S/c1-7-19-11(15)14(6,12(16)20-8-2)9-10-21(17,18)13(3,4)5/h7-10H2,1-6H3. The first-order chi connectivity index (χ1) is 9.42. The van der Waals surface area contributed by atoms with Crippen LogP contribution in [0.25, 0.3) is 0 Å². The summed E-state index contributed by atoms with van der Waals surface area (Å²) in [6.45, 7) is 9.56. The van der Waals surface area contributed by atoms with Crippen molar-refractivity contribution >= 4 is 21.8 Å². The molecular weight excluding hydrogens is 296 g/mol. The van der Waals surface area contributed by atoms with E-state index in [0.717, 1.165) is 0 Å². The van der Waals surface area contributed by atoms with Gasteiger partial charge >= 0.3 is 11.9 Å². The molecule has 0 aromatic rings. The molecule has 0 fully saturated rings. The van der Waals surface area contributed by atoms with Crippen LogP contribution in [0.2, 0.25) is 0 Å². The molecule has 0 aliphatic rings. The highest BCUT2D eigenvalue weighted by Gasteiger charge is 2.45. The second-order valence-corrected chi connectivity index (χ2v) is 8.82. The monoisotopic (exact) mass is 322 g/mol. The first kappa shape index (κ1) is 19.9. The molecule has 21 heavy (non-hydrogen) atoms. The molecule has 0 unspecified atom stereocenters. The smallest absolute Gasteiger partial charge is 0.323 e. The molecule has 0 atom stereocenters. The molecule has 0 bridgehead atoms. The quantitative estimate of drug-likeness (QED) is 0.524. The summed E-state index contributed by atoms with van der Waals surface area (Å²) in [5.41, 5.74) is -1.61. The van der Waals surface area contributed by atoms with Crippen LogP contribution in [0.4, 0.5) is 0 Å². The zero-order valence-corrected chi connectivity index (χ0v) is 14.5. The molecule has 0 aromatic carbocycles. The Kier molecular flexibility index (Phi) is 6.86. The van der Waals surface area contributed by atoms with Gasteiger partial charge in [-0.2, -0.15) is 0 Å². The predicted octanol–water partition coefficient (Wildman–Crippen LogP) is 1.72. The van der Waals surface area contributed by atoms with Crippen molar-refractivity contribution in [3.8, 4) is 0 Å². The van der Waals surface area contributed by atoms with E-state index in [1.807, 2.05) is 0 Å². The SMILES string of the molecule is CCOC(=O)C(C)(CCS(=O)(=O)C(C)(C)C)C(=O)OCC. The summed E-state index contributed by atoms with van der Waals surface area (Å²) in [5.74, 6) is -1.80. The van der Waals surface area contributed by atoms with E-state index in [0.29, 0.717) is 0 Å². The van der Waals surface area contributed by atoms with Gasteiger partial charge in [-0.3, -0.25) is 9.59 Å². The number of ether oxygens (including phenoxy) is 2. The molecule has 0 rings (SSSR count). The lowest BCUT2D eigenvalue weighted by Crippen LogP contribution is -2.42. The fourth-order valence-electron chi connectivity index (χ4n) is 1.51. The molecule has 0 saturated heterocycles. The Labute approximate surface area is 127 Å². The van der Waals surface area contributed by atoms with E-state index in [1.54, 1.807) is 34.6 Å². The maximum atomic E-state index is 12.2. The number of carbonyl (C=O) groups is 2. The Balaban J connectivity index is 5.28. The first-order valence-electron chi connectivity index (χ1n) is 6.99. The van der Waals surface area contributed by atoms with Gasteiger partial charge in [0, 0.05) is 0 Å². The van der Waals surface area contributed by atoms with Gasteiger partial charge in [-0.1, -0.05) is 0 Å². The van der Waals surface area contributed by atoms with E-state index in [9.17, 15) is 18.0 Å². The lowest BCUT2D eigenvalue weighted by atomic mass is 9.87. The largest absolute Gasteiger partial charge is 0.465 e. The Morgan fingerprint density at radius 2 is 1.29 bits per heavy atom. The molecule has 0 saturated carbocycles. The Morgan fingerprint density at radius 1 is 0.905 bits per heavy atom. The number of rotatable bonds is 7. The van der Waals surface area contributed by atoms with Gasteiger partial charge in [0.1, 0.15) is 0 Å². The second kappa shape index (κ2) is 7.24. The van der Waals surface area contributed by atoms with Gasteiger partial charge in [0.2, 0.25) is 0 Å². The highest BCUT2D eigenvalue weighted by molar-refractivity contribution is 7.92. The summed E-state index contributed by atoms with van der Waals surface area (Å²) in [4.78, 5) is 24.1. The van der Waals surface area contributed by atoms with Crippen molar-refractivity contribution in [3.63, 3.8) is 0 Å². The molecular formula is C14H26O6S. The molecule has 6 nitrogen and oxygen atoms in total. The van der Waals surface area contributed by atoms with Crippen molar-refractivity contribution in [1.82, 2.24) is 0 Å². The van der Waals surface area contributed by atoms with Crippen molar-refractivity contribution in [3.05, 3.63) is 0 Å². The molecule has 7 heteroatoms. The van der Waals surface area contributed by atoms with Crippen LogP contribution in [0.5, 0.6) is 0 Å². The summed E-state index contributed by atoms with van der Waals surface area (Å²) < 4.78 is 33.1. The third-order valence-corrected chi connectivity index (χ3v) is 5.86. The number of esters is 2. The summed E-state index contributed by atoms with van der Waals surface area (Å²) >= 11 is 0. The lowest BCUT2D eigenvalue weighted by Gasteiger charge is -2.27. The third kappa shape index (κ3) is 4.98. The van der Waals surface area contributed by atoms with Gasteiger partial charge in [-0.15, -0.1) is 0 Å². The van der Waals surface area contributed by atoms with Gasteiger partial charge in [0.15, 0.2) is 15.3 Å². The van der Waals surface area contributed by atoms with Crippen LogP contribution in [0, 0.1) is 5.41 Å². The molecule has 124 valence electrons. The van der Waals surface area contributed by atoms with Gasteiger partial charge < -0.3 is 9.47 Å². The Bertz CT molecular complexity index is 454. The molecule has 0 heterocycles. The molecule has 0 aliphatic heterocycles. The number of carbonyl (C=O) groups excluding carboxylic acids is 2. The summed E-state index contributed by atoms with van der Waals surface area (Å²) in [7, 11) is -3.44. The van der Waals surface area contributed by atoms with Crippen LogP contribution >= 0.6 is 0 Å². The fraction of sp³-hybridized carbons (Fsp3) is 0.857. The Morgan fingerprint density at radius 3 is 1.57 bits per heavy atom. The Hall–Kier alpha value is -1.11. The van der Waals surface area contributed by atoms with Gasteiger partial charge in [-0.05, 0) is 48.0 Å². The van der Waals surface area contributed by atoms with E-state index in [-0.39, 0.29) is 25.4 Å². The van der Waals surface area contributed by atoms with Crippen LogP contribution in [0.1, 0.15) is 48.0 Å². The molecule has 0 amide bonds. The van der Waals surface area contributed by atoms with Gasteiger partial charge in [-0.25, -0.2) is 8.42 Å². The summed E-state index contributed by atoms with van der Waals surface area (Å²) in [6, 6.07) is 0. The number of sulfone groups is 1. The van der Waals surface area contributed by atoms with E-state index in [2.05, 4.69) is 0 Å². The minimum Gasteiger partial charge on any atom is -0.465 e. The van der Waals surface area contributed by atoms with Gasteiger partial charge in [0.05, 0.1) is 23.7 Å². The normalized spacial score (nSPS) is 12.9. The number of hydrogen-bond donors (Lipinski definition) is 0. The maximum Gasteiger partial charge on any atom is 0.323 e. The molecule has 0 radical (unpaired) electrons. The van der Waals surface area contributed by atoms with Crippen molar-refractivity contribution in [2.75, 3.05) is 19.0 Å². The van der Waals surface area contributed by atoms with E-state index < -0.39 is 31.9 Å². The summed E-state index contributed by atoms with van der Waals surface area (Å²) in [6.07, 6.45) is -0.162. The lowest BCUT2D eigenvalue weighted by molar-refractivity contribution is -0.170. The highest BCUT2D eigenvalue weighted by atomic mass is 32.2. The van der Waals surface area contributed by atoms with E-state index >= 15 is 0 Å². The average molecular weight is 322 g/mol. The minimum atomic E-state index is -3.44. The second-order valence-electron chi connectivity index (χ2n) is 5.95. The van der Waals surface area contributed by atoms with Gasteiger partial charge in [0.25, 0.3) is 0 Å². The minimum absolute atomic E-state index is 0.111.